The van der Waals surface area contributed by atoms with Gasteiger partial charge < -0.3 is 10.6 Å². The number of benzene rings is 2. The molecule has 0 atom stereocenters. The largest absolute Gasteiger partial charge is 0.367 e. The molecule has 2 aromatic carbocycles. The minimum atomic E-state index is 0.672. The molecule has 0 saturated carbocycles. The maximum Gasteiger partial charge on any atom is 0.0850 e. The summed E-state index contributed by atoms with van der Waals surface area (Å²) in [7, 11) is 0. The number of anilines is 2. The van der Waals surface area contributed by atoms with Crippen molar-refractivity contribution in [1.82, 2.24) is 0 Å². The Bertz CT molecular complexity index is 455. The van der Waals surface area contributed by atoms with Crippen LogP contribution in [0.15, 0.2) is 57.5 Å². The second kappa shape index (κ2) is 6.07. The molecule has 4 heteroatoms. The second-order valence-electron chi connectivity index (χ2n) is 3.49. The Morgan fingerprint density at radius 3 is 1.53 bits per heavy atom. The van der Waals surface area contributed by atoms with Gasteiger partial charge in [-0.05, 0) is 56.1 Å². The molecule has 0 radical (unpaired) electrons. The van der Waals surface area contributed by atoms with Gasteiger partial charge in [-0.25, -0.2) is 0 Å². The van der Waals surface area contributed by atoms with Gasteiger partial charge in [0.15, 0.2) is 0 Å². The van der Waals surface area contributed by atoms with Crippen molar-refractivity contribution in [2.75, 3.05) is 17.3 Å². The van der Waals surface area contributed by atoms with Gasteiger partial charge in [-0.3, -0.25) is 0 Å². The summed E-state index contributed by atoms with van der Waals surface area (Å²) < 4.78 is 2.13. The molecule has 0 amide bonds. The minimum Gasteiger partial charge on any atom is -0.367 e. The molecule has 0 fully saturated rings. The summed E-state index contributed by atoms with van der Waals surface area (Å²) in [5.74, 6) is 0. The van der Waals surface area contributed by atoms with Crippen LogP contribution in [0.5, 0.6) is 0 Å². The normalized spacial score (nSPS) is 10.0. The Labute approximate surface area is 118 Å². The summed E-state index contributed by atoms with van der Waals surface area (Å²) in [5, 5.41) is 6.62. The van der Waals surface area contributed by atoms with E-state index < -0.39 is 0 Å². The van der Waals surface area contributed by atoms with Gasteiger partial charge in [0, 0.05) is 20.3 Å². The van der Waals surface area contributed by atoms with Crippen LogP contribution in [0.2, 0.25) is 0 Å². The molecule has 2 rings (SSSR count). The fourth-order valence-corrected chi connectivity index (χ4v) is 2.29. The number of rotatable bonds is 4. The molecule has 2 nitrogen and oxygen atoms in total. The molecule has 2 aromatic rings. The van der Waals surface area contributed by atoms with E-state index >= 15 is 0 Å². The van der Waals surface area contributed by atoms with Crippen LogP contribution >= 0.6 is 31.9 Å². The topological polar surface area (TPSA) is 24.1 Å². The van der Waals surface area contributed by atoms with Gasteiger partial charge in [0.2, 0.25) is 0 Å². The highest BCUT2D eigenvalue weighted by Crippen LogP contribution is 2.23. The van der Waals surface area contributed by atoms with Crippen molar-refractivity contribution in [3.63, 3.8) is 0 Å². The van der Waals surface area contributed by atoms with E-state index in [2.05, 4.69) is 42.5 Å². The highest BCUT2D eigenvalue weighted by atomic mass is 79.9. The molecule has 0 bridgehead atoms. The number of para-hydroxylation sites is 2. The molecule has 0 aromatic heterocycles. The van der Waals surface area contributed by atoms with Crippen LogP contribution in [0.4, 0.5) is 11.4 Å². The average molecular weight is 356 g/mol. The van der Waals surface area contributed by atoms with Gasteiger partial charge in [-0.15, -0.1) is 0 Å². The summed E-state index contributed by atoms with van der Waals surface area (Å²) in [6.07, 6.45) is 0. The molecule has 0 unspecified atom stereocenters. The van der Waals surface area contributed by atoms with E-state index in [4.69, 9.17) is 0 Å². The van der Waals surface area contributed by atoms with E-state index in [1.807, 2.05) is 48.5 Å². The average Bonchev–Trinajstić information content (AvgIpc) is 2.34. The third-order valence-electron chi connectivity index (χ3n) is 2.31. The van der Waals surface area contributed by atoms with Gasteiger partial charge in [0.1, 0.15) is 0 Å². The first kappa shape index (κ1) is 12.5. The predicted molar refractivity (Wildman–Crippen MR) is 80.4 cm³/mol. The Hall–Kier alpha value is -1.000. The maximum absolute atomic E-state index is 3.50. The van der Waals surface area contributed by atoms with E-state index in [-0.39, 0.29) is 0 Å². The number of hydrogen-bond donors (Lipinski definition) is 2. The van der Waals surface area contributed by atoms with Crippen molar-refractivity contribution in [2.24, 2.45) is 0 Å². The summed E-state index contributed by atoms with van der Waals surface area (Å²) in [6, 6.07) is 16.1. The van der Waals surface area contributed by atoms with Crippen LogP contribution in [0.1, 0.15) is 0 Å². The maximum atomic E-state index is 3.50. The lowest BCUT2D eigenvalue weighted by atomic mass is 10.3. The molecule has 0 spiro atoms. The number of nitrogens with one attached hydrogen (secondary N) is 2. The molecule has 0 saturated heterocycles. The Morgan fingerprint density at radius 1 is 0.706 bits per heavy atom. The van der Waals surface area contributed by atoms with Gasteiger partial charge in [0.05, 0.1) is 6.67 Å². The Morgan fingerprint density at radius 2 is 1.12 bits per heavy atom. The van der Waals surface area contributed by atoms with Crippen LogP contribution < -0.4 is 10.6 Å². The summed E-state index contributed by atoms with van der Waals surface area (Å²) in [4.78, 5) is 0. The first-order valence-electron chi connectivity index (χ1n) is 5.24. The monoisotopic (exact) mass is 354 g/mol. The molecule has 17 heavy (non-hydrogen) atoms. The fourth-order valence-electron chi connectivity index (χ4n) is 1.44. The van der Waals surface area contributed by atoms with Crippen molar-refractivity contribution < 1.29 is 0 Å². The molecular formula is C13H12Br2N2. The van der Waals surface area contributed by atoms with Crippen LogP contribution in [0.25, 0.3) is 0 Å². The van der Waals surface area contributed by atoms with Crippen LogP contribution in [0, 0.1) is 0 Å². The number of hydrogen-bond acceptors (Lipinski definition) is 2. The van der Waals surface area contributed by atoms with Crippen LogP contribution in [-0.2, 0) is 0 Å². The minimum absolute atomic E-state index is 0.672. The summed E-state index contributed by atoms with van der Waals surface area (Å²) in [6.45, 7) is 0.672. The second-order valence-corrected chi connectivity index (χ2v) is 5.20. The zero-order valence-electron chi connectivity index (χ0n) is 9.08. The Balaban J connectivity index is 1.93. The van der Waals surface area contributed by atoms with E-state index in [0.29, 0.717) is 6.67 Å². The summed E-state index contributed by atoms with van der Waals surface area (Å²) >= 11 is 7.00. The molecule has 0 heterocycles. The first-order chi connectivity index (χ1) is 8.27. The highest BCUT2D eigenvalue weighted by molar-refractivity contribution is 9.11. The van der Waals surface area contributed by atoms with Crippen molar-refractivity contribution in [2.45, 2.75) is 0 Å². The van der Waals surface area contributed by atoms with Gasteiger partial charge in [0.25, 0.3) is 0 Å². The standard InChI is InChI=1S/C13H12Br2N2/c14-10-5-1-3-7-12(10)16-9-17-13-8-4-2-6-11(13)15/h1-8,16-17H,9H2. The van der Waals surface area contributed by atoms with Gasteiger partial charge in [-0.1, -0.05) is 24.3 Å². The SMILES string of the molecule is Brc1ccccc1NCNc1ccccc1Br. The number of halogens is 2. The lowest BCUT2D eigenvalue weighted by Crippen LogP contribution is -2.12. The zero-order valence-corrected chi connectivity index (χ0v) is 12.3. The smallest absolute Gasteiger partial charge is 0.0850 e. The lowest BCUT2D eigenvalue weighted by molar-refractivity contribution is 1.21. The molecule has 0 aliphatic heterocycles. The third-order valence-corrected chi connectivity index (χ3v) is 3.69. The molecule has 88 valence electrons. The van der Waals surface area contributed by atoms with Gasteiger partial charge in [-0.2, -0.15) is 0 Å². The van der Waals surface area contributed by atoms with Crippen molar-refractivity contribution in [1.29, 1.82) is 0 Å². The first-order valence-corrected chi connectivity index (χ1v) is 6.83. The van der Waals surface area contributed by atoms with E-state index in [9.17, 15) is 0 Å². The lowest BCUT2D eigenvalue weighted by Gasteiger charge is -2.11. The summed E-state index contributed by atoms with van der Waals surface area (Å²) in [5.41, 5.74) is 2.15. The molecule has 2 N–H and O–H groups in total. The molecule has 0 aliphatic carbocycles. The molecular weight excluding hydrogens is 344 g/mol. The van der Waals surface area contributed by atoms with Crippen LogP contribution in [-0.4, -0.2) is 6.67 Å². The fraction of sp³-hybridized carbons (Fsp3) is 0.0769. The van der Waals surface area contributed by atoms with E-state index in [1.54, 1.807) is 0 Å². The van der Waals surface area contributed by atoms with E-state index in [1.165, 1.54) is 0 Å². The zero-order chi connectivity index (χ0) is 12.1. The quantitative estimate of drug-likeness (QED) is 0.777. The highest BCUT2D eigenvalue weighted by Gasteiger charge is 1.98. The van der Waals surface area contributed by atoms with Crippen molar-refractivity contribution in [3.8, 4) is 0 Å². The predicted octanol–water partition coefficient (Wildman–Crippen LogP) is 4.69. The molecule has 0 aliphatic rings. The Kier molecular flexibility index (Phi) is 4.45. The third kappa shape index (κ3) is 3.48. The van der Waals surface area contributed by atoms with E-state index in [0.717, 1.165) is 20.3 Å². The van der Waals surface area contributed by atoms with Gasteiger partial charge >= 0.3 is 0 Å². The van der Waals surface area contributed by atoms with Crippen molar-refractivity contribution >= 4 is 43.2 Å². The van der Waals surface area contributed by atoms with Crippen LogP contribution in [0.3, 0.4) is 0 Å². The van der Waals surface area contributed by atoms with Crippen molar-refractivity contribution in [3.05, 3.63) is 57.5 Å².